The van der Waals surface area contributed by atoms with Gasteiger partial charge in [0, 0.05) is 24.7 Å². The molecule has 19 heavy (non-hydrogen) atoms. The van der Waals surface area contributed by atoms with Crippen molar-refractivity contribution in [2.24, 2.45) is 29.6 Å². The van der Waals surface area contributed by atoms with E-state index < -0.39 is 0 Å². The van der Waals surface area contributed by atoms with E-state index in [0.29, 0.717) is 30.0 Å². The third-order valence-corrected chi connectivity index (χ3v) is 5.70. The van der Waals surface area contributed by atoms with Crippen LogP contribution in [0.25, 0.3) is 0 Å². The van der Waals surface area contributed by atoms with Crippen molar-refractivity contribution < 1.29 is 4.79 Å². The summed E-state index contributed by atoms with van der Waals surface area (Å²) >= 11 is 0. The Labute approximate surface area is 114 Å². The molecule has 100 valence electrons. The van der Waals surface area contributed by atoms with Crippen molar-refractivity contribution in [2.45, 2.75) is 38.5 Å². The number of ketones is 1. The number of hydrogen-bond donors (Lipinski definition) is 0. The number of hydrogen-bond acceptors (Lipinski definition) is 2. The number of rotatable bonds is 3. The van der Waals surface area contributed by atoms with E-state index in [9.17, 15) is 4.79 Å². The van der Waals surface area contributed by atoms with Gasteiger partial charge in [0.25, 0.3) is 0 Å². The van der Waals surface area contributed by atoms with Gasteiger partial charge in [0.15, 0.2) is 0 Å². The van der Waals surface area contributed by atoms with Crippen molar-refractivity contribution >= 4 is 5.78 Å². The predicted octanol–water partition coefficient (Wildman–Crippen LogP) is 3.27. The lowest BCUT2D eigenvalue weighted by atomic mass is 9.51. The molecule has 0 N–H and O–H groups in total. The Morgan fingerprint density at radius 3 is 2.37 bits per heavy atom. The van der Waals surface area contributed by atoms with Gasteiger partial charge in [-0.1, -0.05) is 6.07 Å². The van der Waals surface area contributed by atoms with Gasteiger partial charge >= 0.3 is 0 Å². The molecule has 0 unspecified atom stereocenters. The standard InChI is InChI=1S/C17H21NO/c19-16(9-11-2-1-3-18-10-11)17-14-5-12-4-13(7-14)8-15(17)6-12/h1-3,10,12-15,17H,4-9H2. The van der Waals surface area contributed by atoms with Gasteiger partial charge in [-0.2, -0.15) is 0 Å². The van der Waals surface area contributed by atoms with E-state index in [1.807, 2.05) is 18.3 Å². The van der Waals surface area contributed by atoms with Crippen LogP contribution < -0.4 is 0 Å². The first-order valence-electron chi connectivity index (χ1n) is 7.71. The maximum absolute atomic E-state index is 12.7. The largest absolute Gasteiger partial charge is 0.299 e. The minimum atomic E-state index is 0.369. The van der Waals surface area contributed by atoms with Crippen LogP contribution in [0.5, 0.6) is 0 Å². The van der Waals surface area contributed by atoms with Crippen molar-refractivity contribution in [1.82, 2.24) is 4.98 Å². The highest BCUT2D eigenvalue weighted by molar-refractivity contribution is 5.84. The molecule has 0 aliphatic heterocycles. The van der Waals surface area contributed by atoms with Gasteiger partial charge in [-0.05, 0) is 67.4 Å². The summed E-state index contributed by atoms with van der Waals surface area (Å²) in [5, 5.41) is 0. The lowest BCUT2D eigenvalue weighted by Gasteiger charge is -2.53. The van der Waals surface area contributed by atoms with Crippen molar-refractivity contribution in [3.63, 3.8) is 0 Å². The molecular formula is C17H21NO. The zero-order valence-corrected chi connectivity index (χ0v) is 11.3. The molecule has 0 amide bonds. The van der Waals surface area contributed by atoms with Crippen LogP contribution in [0, 0.1) is 29.6 Å². The predicted molar refractivity (Wildman–Crippen MR) is 73.5 cm³/mol. The Morgan fingerprint density at radius 2 is 1.79 bits per heavy atom. The van der Waals surface area contributed by atoms with Crippen LogP contribution in [0.3, 0.4) is 0 Å². The Hall–Kier alpha value is -1.18. The zero-order valence-electron chi connectivity index (χ0n) is 11.3. The molecule has 0 spiro atoms. The first kappa shape index (κ1) is 11.6. The van der Waals surface area contributed by atoms with Crippen LogP contribution in [0.2, 0.25) is 0 Å². The number of nitrogens with zero attached hydrogens (tertiary/aromatic N) is 1. The molecule has 1 aromatic heterocycles. The second-order valence-corrected chi connectivity index (χ2v) is 6.96. The van der Waals surface area contributed by atoms with Crippen molar-refractivity contribution in [1.29, 1.82) is 0 Å². The molecule has 4 saturated carbocycles. The van der Waals surface area contributed by atoms with Crippen LogP contribution in [0.1, 0.15) is 37.7 Å². The second-order valence-electron chi connectivity index (χ2n) is 6.96. The molecule has 4 aliphatic rings. The quantitative estimate of drug-likeness (QED) is 0.829. The average molecular weight is 255 g/mol. The van der Waals surface area contributed by atoms with Crippen LogP contribution in [-0.2, 0) is 11.2 Å². The first-order valence-corrected chi connectivity index (χ1v) is 7.71. The van der Waals surface area contributed by atoms with E-state index >= 15 is 0 Å². The Morgan fingerprint density at radius 1 is 1.11 bits per heavy atom. The van der Waals surface area contributed by atoms with Gasteiger partial charge in [0.1, 0.15) is 5.78 Å². The smallest absolute Gasteiger partial charge is 0.140 e. The summed E-state index contributed by atoms with van der Waals surface area (Å²) in [6.45, 7) is 0. The maximum Gasteiger partial charge on any atom is 0.140 e. The molecule has 1 aromatic rings. The Kier molecular flexibility index (Phi) is 2.71. The molecule has 4 bridgehead atoms. The van der Waals surface area contributed by atoms with E-state index in [-0.39, 0.29) is 0 Å². The molecule has 2 heteroatoms. The minimum Gasteiger partial charge on any atom is -0.299 e. The molecule has 0 saturated heterocycles. The van der Waals surface area contributed by atoms with Gasteiger partial charge in [0.2, 0.25) is 0 Å². The number of Topliss-reactive ketones (excluding diaryl/α,β-unsaturated/α-hetero) is 1. The van der Waals surface area contributed by atoms with Gasteiger partial charge < -0.3 is 0 Å². The summed E-state index contributed by atoms with van der Waals surface area (Å²) in [5.41, 5.74) is 1.08. The lowest BCUT2D eigenvalue weighted by molar-refractivity contribution is -0.135. The molecule has 1 heterocycles. The summed E-state index contributed by atoms with van der Waals surface area (Å²) in [6.07, 6.45) is 11.0. The van der Waals surface area contributed by atoms with E-state index in [0.717, 1.165) is 17.4 Å². The lowest BCUT2D eigenvalue weighted by Crippen LogP contribution is -2.48. The average Bonchev–Trinajstić information content (AvgIpc) is 2.38. The number of carbonyl (C=O) groups is 1. The highest BCUT2D eigenvalue weighted by Crippen LogP contribution is 2.56. The molecule has 0 aromatic carbocycles. The first-order chi connectivity index (χ1) is 9.29. The SMILES string of the molecule is O=C(Cc1cccnc1)C1C2CC3CC(C2)CC1C3. The fraction of sp³-hybridized carbons (Fsp3) is 0.647. The fourth-order valence-electron chi connectivity index (χ4n) is 5.27. The van der Waals surface area contributed by atoms with Gasteiger partial charge in [-0.25, -0.2) is 0 Å². The monoisotopic (exact) mass is 255 g/mol. The Bertz CT molecular complexity index is 453. The van der Waals surface area contributed by atoms with Crippen molar-refractivity contribution in [3.8, 4) is 0 Å². The molecule has 2 nitrogen and oxygen atoms in total. The van der Waals surface area contributed by atoms with Gasteiger partial charge in [0.05, 0.1) is 0 Å². The highest BCUT2D eigenvalue weighted by Gasteiger charge is 2.50. The van der Waals surface area contributed by atoms with E-state index in [1.54, 1.807) is 6.20 Å². The molecular weight excluding hydrogens is 234 g/mol. The van der Waals surface area contributed by atoms with Crippen molar-refractivity contribution in [3.05, 3.63) is 30.1 Å². The fourth-order valence-corrected chi connectivity index (χ4v) is 5.27. The maximum atomic E-state index is 12.7. The number of aromatic nitrogens is 1. The molecule has 0 atom stereocenters. The van der Waals surface area contributed by atoms with Crippen LogP contribution >= 0.6 is 0 Å². The highest BCUT2D eigenvalue weighted by atomic mass is 16.1. The summed E-state index contributed by atoms with van der Waals surface area (Å²) < 4.78 is 0. The van der Waals surface area contributed by atoms with Crippen LogP contribution in [0.15, 0.2) is 24.5 Å². The minimum absolute atomic E-state index is 0.369. The van der Waals surface area contributed by atoms with E-state index in [2.05, 4.69) is 4.98 Å². The van der Waals surface area contributed by atoms with Gasteiger partial charge in [-0.3, -0.25) is 9.78 Å². The molecule has 5 rings (SSSR count). The topological polar surface area (TPSA) is 30.0 Å². The summed E-state index contributed by atoms with van der Waals surface area (Å²) in [7, 11) is 0. The van der Waals surface area contributed by atoms with Crippen LogP contribution in [-0.4, -0.2) is 10.8 Å². The number of carbonyl (C=O) groups excluding carboxylic acids is 1. The normalized spacial score (nSPS) is 39.5. The van der Waals surface area contributed by atoms with E-state index in [1.165, 1.54) is 32.1 Å². The van der Waals surface area contributed by atoms with Crippen LogP contribution in [0.4, 0.5) is 0 Å². The molecule has 4 aliphatic carbocycles. The third-order valence-electron chi connectivity index (χ3n) is 5.70. The summed E-state index contributed by atoms with van der Waals surface area (Å²) in [5.74, 6) is 4.17. The zero-order chi connectivity index (χ0) is 12.8. The van der Waals surface area contributed by atoms with Crippen molar-refractivity contribution in [2.75, 3.05) is 0 Å². The third kappa shape index (κ3) is 2.01. The number of pyridine rings is 1. The van der Waals surface area contributed by atoms with E-state index in [4.69, 9.17) is 0 Å². The summed E-state index contributed by atoms with van der Waals surface area (Å²) in [4.78, 5) is 16.8. The Balaban J connectivity index is 1.51. The second kappa shape index (κ2) is 4.43. The summed E-state index contributed by atoms with van der Waals surface area (Å²) in [6, 6.07) is 3.96. The molecule has 0 radical (unpaired) electrons. The molecule has 4 fully saturated rings. The van der Waals surface area contributed by atoms with Gasteiger partial charge in [-0.15, -0.1) is 0 Å².